The van der Waals surface area contributed by atoms with E-state index in [1.54, 1.807) is 11.8 Å². The zero-order valence-corrected chi connectivity index (χ0v) is 11.3. The van der Waals surface area contributed by atoms with E-state index in [0.29, 0.717) is 16.6 Å². The average Bonchev–Trinajstić information content (AvgIpc) is 2.37. The molecule has 1 unspecified atom stereocenters. The van der Waals surface area contributed by atoms with Crippen molar-refractivity contribution in [1.29, 1.82) is 5.26 Å². The molecule has 1 saturated heterocycles. The van der Waals surface area contributed by atoms with Crippen LogP contribution < -0.4 is 5.73 Å². The third-order valence-corrected chi connectivity index (χ3v) is 4.18. The van der Waals surface area contributed by atoms with Crippen LogP contribution in [0.25, 0.3) is 0 Å². The molecule has 0 saturated carbocycles. The second kappa shape index (κ2) is 6.03. The summed E-state index contributed by atoms with van der Waals surface area (Å²) in [4.78, 5) is 10.7. The van der Waals surface area contributed by atoms with Crippen LogP contribution in [-0.4, -0.2) is 40.8 Å². The van der Waals surface area contributed by atoms with E-state index < -0.39 is 0 Å². The summed E-state index contributed by atoms with van der Waals surface area (Å²) in [6.07, 6.45) is 4.03. The fraction of sp³-hybridized carbons (Fsp3) is 0.583. The highest BCUT2D eigenvalue weighted by Gasteiger charge is 2.17. The minimum atomic E-state index is 0.274. The molecule has 18 heavy (non-hydrogen) atoms. The molecule has 1 fully saturated rings. The van der Waals surface area contributed by atoms with Crippen LogP contribution in [0.2, 0.25) is 0 Å². The first-order chi connectivity index (χ1) is 8.69. The molecule has 1 aromatic rings. The molecule has 2 N–H and O–H groups in total. The van der Waals surface area contributed by atoms with Crippen molar-refractivity contribution in [2.75, 3.05) is 31.6 Å². The largest absolute Gasteiger partial charge is 0.382 e. The van der Waals surface area contributed by atoms with Crippen LogP contribution in [0.4, 0.5) is 5.82 Å². The van der Waals surface area contributed by atoms with Gasteiger partial charge in [-0.25, -0.2) is 9.97 Å². The van der Waals surface area contributed by atoms with Crippen LogP contribution in [-0.2, 0) is 0 Å². The zero-order valence-electron chi connectivity index (χ0n) is 10.5. The number of nitrogens with zero attached hydrogens (tertiary/aromatic N) is 4. The van der Waals surface area contributed by atoms with Crippen LogP contribution >= 0.6 is 11.8 Å². The van der Waals surface area contributed by atoms with Gasteiger partial charge in [0.05, 0.1) is 6.20 Å². The second-order valence-corrected chi connectivity index (χ2v) is 5.63. The Balaban J connectivity index is 1.90. The summed E-state index contributed by atoms with van der Waals surface area (Å²) >= 11 is 1.62. The fourth-order valence-electron chi connectivity index (χ4n) is 2.14. The number of aromatic nitrogens is 2. The third kappa shape index (κ3) is 3.34. The van der Waals surface area contributed by atoms with Crippen molar-refractivity contribution in [2.24, 2.45) is 5.92 Å². The Morgan fingerprint density at radius 1 is 1.67 bits per heavy atom. The van der Waals surface area contributed by atoms with E-state index in [4.69, 9.17) is 11.0 Å². The summed E-state index contributed by atoms with van der Waals surface area (Å²) in [6.45, 7) is 2.33. The lowest BCUT2D eigenvalue weighted by Gasteiger charge is -2.29. The van der Waals surface area contributed by atoms with Crippen LogP contribution in [0.15, 0.2) is 11.4 Å². The van der Waals surface area contributed by atoms with Crippen molar-refractivity contribution < 1.29 is 0 Å². The molecule has 1 aliphatic rings. The normalized spacial score (nSPS) is 20.6. The summed E-state index contributed by atoms with van der Waals surface area (Å²) < 4.78 is 0. The highest BCUT2D eigenvalue weighted by Crippen LogP contribution is 2.23. The first-order valence-electron chi connectivity index (χ1n) is 6.03. The number of nitrogen functional groups attached to an aromatic ring is 1. The minimum Gasteiger partial charge on any atom is -0.382 e. The molecular formula is C12H17N5S. The Hall–Kier alpha value is -1.32. The van der Waals surface area contributed by atoms with Gasteiger partial charge in [0.25, 0.3) is 0 Å². The highest BCUT2D eigenvalue weighted by molar-refractivity contribution is 7.99. The maximum absolute atomic E-state index is 8.75. The second-order valence-electron chi connectivity index (χ2n) is 4.64. The smallest absolute Gasteiger partial charge is 0.189 e. The van der Waals surface area contributed by atoms with Crippen LogP contribution in [0.1, 0.15) is 18.4 Å². The quantitative estimate of drug-likeness (QED) is 0.655. The summed E-state index contributed by atoms with van der Waals surface area (Å²) in [5.74, 6) is 1.97. The first-order valence-corrected chi connectivity index (χ1v) is 7.01. The number of piperidine rings is 1. The van der Waals surface area contributed by atoms with Crippen molar-refractivity contribution in [3.05, 3.63) is 11.8 Å². The predicted octanol–water partition coefficient (Wildman–Crippen LogP) is 1.36. The lowest BCUT2D eigenvalue weighted by atomic mass is 10.0. The Labute approximate surface area is 111 Å². The molecule has 5 nitrogen and oxygen atoms in total. The average molecular weight is 263 g/mol. The molecule has 1 aliphatic heterocycles. The molecular weight excluding hydrogens is 246 g/mol. The van der Waals surface area contributed by atoms with Crippen molar-refractivity contribution in [2.45, 2.75) is 18.0 Å². The minimum absolute atomic E-state index is 0.274. The van der Waals surface area contributed by atoms with Gasteiger partial charge in [-0.3, -0.25) is 0 Å². The van der Waals surface area contributed by atoms with Crippen molar-refractivity contribution >= 4 is 17.6 Å². The highest BCUT2D eigenvalue weighted by atomic mass is 32.2. The van der Waals surface area contributed by atoms with Gasteiger partial charge in [-0.1, -0.05) is 11.8 Å². The number of likely N-dealkylation sites (tertiary alicyclic amines) is 1. The molecule has 0 bridgehead atoms. The molecule has 2 heterocycles. The van der Waals surface area contributed by atoms with Gasteiger partial charge >= 0.3 is 0 Å². The lowest BCUT2D eigenvalue weighted by Crippen LogP contribution is -2.33. The van der Waals surface area contributed by atoms with E-state index in [1.165, 1.54) is 25.6 Å². The number of anilines is 1. The number of hydrogen-bond acceptors (Lipinski definition) is 6. The molecule has 0 spiro atoms. The molecule has 0 amide bonds. The maximum Gasteiger partial charge on any atom is 0.189 e. The van der Waals surface area contributed by atoms with E-state index in [0.717, 1.165) is 12.3 Å². The number of thioether (sulfide) groups is 1. The zero-order chi connectivity index (χ0) is 13.0. The van der Waals surface area contributed by atoms with Gasteiger partial charge < -0.3 is 10.6 Å². The van der Waals surface area contributed by atoms with E-state index in [-0.39, 0.29) is 5.82 Å². The monoisotopic (exact) mass is 263 g/mol. The van der Waals surface area contributed by atoms with Crippen molar-refractivity contribution in [3.8, 4) is 6.07 Å². The van der Waals surface area contributed by atoms with E-state index in [1.807, 2.05) is 6.07 Å². The molecule has 1 aromatic heterocycles. The van der Waals surface area contributed by atoms with Crippen LogP contribution in [0, 0.1) is 17.2 Å². The molecule has 0 radical (unpaired) electrons. The molecule has 96 valence electrons. The van der Waals surface area contributed by atoms with E-state index in [9.17, 15) is 0 Å². The first kappa shape index (κ1) is 13.1. The Morgan fingerprint density at radius 2 is 2.50 bits per heavy atom. The van der Waals surface area contributed by atoms with Crippen LogP contribution in [0.3, 0.4) is 0 Å². The number of nitriles is 1. The summed E-state index contributed by atoms with van der Waals surface area (Å²) in [5, 5.41) is 9.42. The van der Waals surface area contributed by atoms with Crippen molar-refractivity contribution in [1.82, 2.24) is 14.9 Å². The summed E-state index contributed by atoms with van der Waals surface area (Å²) in [6, 6.07) is 1.97. The number of rotatable bonds is 3. The Morgan fingerprint density at radius 3 is 3.17 bits per heavy atom. The number of hydrogen-bond donors (Lipinski definition) is 1. The van der Waals surface area contributed by atoms with E-state index in [2.05, 4.69) is 21.9 Å². The standard InChI is InChI=1S/C12H17N5S/c1-17-4-2-3-9(7-17)8-18-12-15-6-10(5-13)11(14)16-12/h6,9H,2-4,7-8H2,1H3,(H2,14,15,16). The predicted molar refractivity (Wildman–Crippen MR) is 72.1 cm³/mol. The van der Waals surface area contributed by atoms with Gasteiger partial charge in [0.15, 0.2) is 5.16 Å². The van der Waals surface area contributed by atoms with Crippen molar-refractivity contribution in [3.63, 3.8) is 0 Å². The SMILES string of the molecule is CN1CCCC(CSc2ncc(C#N)c(N)n2)C1. The van der Waals surface area contributed by atoms with Gasteiger partial charge in [0.1, 0.15) is 17.5 Å². The molecule has 0 aliphatic carbocycles. The van der Waals surface area contributed by atoms with Crippen LogP contribution in [0.5, 0.6) is 0 Å². The fourth-order valence-corrected chi connectivity index (χ4v) is 3.08. The Bertz CT molecular complexity index is 456. The third-order valence-electron chi connectivity index (χ3n) is 3.09. The van der Waals surface area contributed by atoms with Gasteiger partial charge in [0, 0.05) is 12.3 Å². The molecule has 1 atom stereocenters. The Kier molecular flexibility index (Phi) is 4.39. The van der Waals surface area contributed by atoms with Gasteiger partial charge in [0.2, 0.25) is 0 Å². The van der Waals surface area contributed by atoms with Gasteiger partial charge in [-0.2, -0.15) is 5.26 Å². The molecule has 2 rings (SSSR count). The van der Waals surface area contributed by atoms with Gasteiger partial charge in [-0.15, -0.1) is 0 Å². The lowest BCUT2D eigenvalue weighted by molar-refractivity contribution is 0.224. The topological polar surface area (TPSA) is 78.8 Å². The van der Waals surface area contributed by atoms with Gasteiger partial charge in [-0.05, 0) is 32.4 Å². The molecule has 0 aromatic carbocycles. The summed E-state index contributed by atoms with van der Waals surface area (Å²) in [5.41, 5.74) is 6.01. The number of nitrogens with two attached hydrogens (primary N) is 1. The summed E-state index contributed by atoms with van der Waals surface area (Å²) in [7, 11) is 2.16. The molecule has 6 heteroatoms. The maximum atomic E-state index is 8.75. The van der Waals surface area contributed by atoms with E-state index >= 15 is 0 Å².